The number of nitrogens with zero attached hydrogens (tertiary/aromatic N) is 1. The molecule has 0 spiro atoms. The largest absolute Gasteiger partial charge is 0.418 e. The molecule has 0 unspecified atom stereocenters. The maximum absolute atomic E-state index is 9.71. The van der Waals surface area contributed by atoms with Crippen molar-refractivity contribution in [1.82, 2.24) is 0 Å². The van der Waals surface area contributed by atoms with Gasteiger partial charge in [-0.2, -0.15) is 0 Å². The molecular weight excluding hydrogens is 182 g/mol. The van der Waals surface area contributed by atoms with Crippen molar-refractivity contribution >= 4 is 14.4 Å². The molecule has 0 atom stereocenters. The zero-order valence-corrected chi connectivity index (χ0v) is 9.80. The van der Waals surface area contributed by atoms with Crippen LogP contribution in [0.2, 0.25) is 19.6 Å². The minimum atomic E-state index is -1.32. The van der Waals surface area contributed by atoms with Gasteiger partial charge in [0.2, 0.25) is 6.08 Å². The van der Waals surface area contributed by atoms with Crippen molar-refractivity contribution in [2.45, 2.75) is 38.9 Å². The van der Waals surface area contributed by atoms with Gasteiger partial charge >= 0.3 is 0 Å². The van der Waals surface area contributed by atoms with Crippen LogP contribution < -0.4 is 0 Å². The van der Waals surface area contributed by atoms with Crippen LogP contribution in [0.4, 0.5) is 0 Å². The summed E-state index contributed by atoms with van der Waals surface area (Å²) in [6, 6.07) is 0. The summed E-state index contributed by atoms with van der Waals surface area (Å²) < 4.78 is 5.67. The zero-order valence-electron chi connectivity index (χ0n) is 8.80. The van der Waals surface area contributed by atoms with Crippen LogP contribution in [0.3, 0.4) is 0 Å². The van der Waals surface area contributed by atoms with E-state index in [1.54, 1.807) is 0 Å². The highest BCUT2D eigenvalue weighted by Crippen LogP contribution is 2.04. The van der Waals surface area contributed by atoms with Crippen molar-refractivity contribution in [3.63, 3.8) is 0 Å². The Kier molecular flexibility index (Phi) is 6.77. The van der Waals surface area contributed by atoms with Crippen LogP contribution >= 0.6 is 0 Å². The lowest BCUT2D eigenvalue weighted by Crippen LogP contribution is -2.25. The molecule has 0 heterocycles. The Hall–Kier alpha value is -0.443. The molecule has 0 amide bonds. The fourth-order valence-corrected chi connectivity index (χ4v) is 1.65. The van der Waals surface area contributed by atoms with Crippen molar-refractivity contribution in [3.05, 3.63) is 0 Å². The third kappa shape index (κ3) is 11.6. The number of aliphatic imine (C=N–C) groups is 1. The molecule has 0 rings (SSSR count). The van der Waals surface area contributed by atoms with Crippen molar-refractivity contribution in [1.29, 1.82) is 0 Å². The van der Waals surface area contributed by atoms with Crippen LogP contribution in [-0.2, 0) is 9.22 Å². The smallest absolute Gasteiger partial charge is 0.234 e. The Morgan fingerprint density at radius 2 is 1.92 bits per heavy atom. The Morgan fingerprint density at radius 3 is 2.46 bits per heavy atom. The summed E-state index contributed by atoms with van der Waals surface area (Å²) in [4.78, 5) is 13.2. The van der Waals surface area contributed by atoms with Crippen LogP contribution in [0.15, 0.2) is 4.99 Å². The molecule has 13 heavy (non-hydrogen) atoms. The Bertz CT molecular complexity index is 171. The molecule has 0 aromatic carbocycles. The van der Waals surface area contributed by atoms with E-state index in [0.29, 0.717) is 6.54 Å². The first-order chi connectivity index (χ1) is 6.06. The van der Waals surface area contributed by atoms with E-state index in [9.17, 15) is 4.79 Å². The number of isocyanates is 1. The standard InChI is InChI=1S/C9H19NO2Si/c1-13(2,3)12-8-6-4-5-7-10-9-11/h4-8H2,1-3H3. The SMILES string of the molecule is C[Si](C)(C)OCCCCCN=C=O. The predicted octanol–water partition coefficient (Wildman–Crippen LogP) is 2.34. The highest BCUT2D eigenvalue weighted by atomic mass is 28.4. The molecule has 0 saturated heterocycles. The van der Waals surface area contributed by atoms with E-state index in [4.69, 9.17) is 4.43 Å². The first-order valence-corrected chi connectivity index (χ1v) is 8.15. The van der Waals surface area contributed by atoms with Gasteiger partial charge in [0.25, 0.3) is 0 Å². The second kappa shape index (κ2) is 7.01. The first-order valence-electron chi connectivity index (χ1n) is 4.74. The molecule has 0 fully saturated rings. The number of hydrogen-bond donors (Lipinski definition) is 0. The van der Waals surface area contributed by atoms with Crippen LogP contribution in [0.25, 0.3) is 0 Å². The minimum Gasteiger partial charge on any atom is -0.418 e. The van der Waals surface area contributed by atoms with Gasteiger partial charge < -0.3 is 4.43 Å². The van der Waals surface area contributed by atoms with Crippen molar-refractivity contribution in [2.75, 3.05) is 13.2 Å². The second-order valence-electron chi connectivity index (χ2n) is 3.99. The van der Waals surface area contributed by atoms with Gasteiger partial charge in [0, 0.05) is 6.61 Å². The zero-order chi connectivity index (χ0) is 10.2. The third-order valence-electron chi connectivity index (χ3n) is 1.51. The van der Waals surface area contributed by atoms with E-state index in [-0.39, 0.29) is 0 Å². The normalized spacial score (nSPS) is 11.0. The molecule has 0 bridgehead atoms. The summed E-state index contributed by atoms with van der Waals surface area (Å²) in [5.74, 6) is 0. The lowest BCUT2D eigenvalue weighted by atomic mass is 10.2. The monoisotopic (exact) mass is 201 g/mol. The maximum atomic E-state index is 9.71. The van der Waals surface area contributed by atoms with E-state index in [0.717, 1.165) is 25.9 Å². The minimum absolute atomic E-state index is 0.608. The molecule has 0 radical (unpaired) electrons. The van der Waals surface area contributed by atoms with Crippen molar-refractivity contribution < 1.29 is 9.22 Å². The summed E-state index contributed by atoms with van der Waals surface area (Å²) in [5.41, 5.74) is 0. The highest BCUT2D eigenvalue weighted by molar-refractivity contribution is 6.69. The van der Waals surface area contributed by atoms with E-state index in [1.807, 2.05) is 0 Å². The van der Waals surface area contributed by atoms with Crippen LogP contribution in [0, 0.1) is 0 Å². The van der Waals surface area contributed by atoms with Gasteiger partial charge in [-0.05, 0) is 38.9 Å². The first kappa shape index (κ1) is 12.6. The van der Waals surface area contributed by atoms with Gasteiger partial charge in [-0.3, -0.25) is 0 Å². The molecule has 0 aliphatic rings. The lowest BCUT2D eigenvalue weighted by Gasteiger charge is -2.16. The number of carbonyl (C=O) groups excluding carboxylic acids is 1. The molecule has 0 N–H and O–H groups in total. The Labute approximate surface area is 81.3 Å². The summed E-state index contributed by atoms with van der Waals surface area (Å²) >= 11 is 0. The predicted molar refractivity (Wildman–Crippen MR) is 56.1 cm³/mol. The average Bonchev–Trinajstić information content (AvgIpc) is 2.01. The van der Waals surface area contributed by atoms with Crippen LogP contribution in [0.1, 0.15) is 19.3 Å². The average molecular weight is 201 g/mol. The van der Waals surface area contributed by atoms with Crippen molar-refractivity contribution in [3.8, 4) is 0 Å². The molecule has 0 aromatic heterocycles. The number of rotatable bonds is 7. The maximum Gasteiger partial charge on any atom is 0.234 e. The molecule has 0 aliphatic carbocycles. The Balaban J connectivity index is 3.13. The lowest BCUT2D eigenvalue weighted by molar-refractivity contribution is 0.299. The third-order valence-corrected chi connectivity index (χ3v) is 2.58. The number of unbranched alkanes of at least 4 members (excludes halogenated alkanes) is 2. The van der Waals surface area contributed by atoms with Crippen LogP contribution in [-0.4, -0.2) is 27.5 Å². The van der Waals surface area contributed by atoms with E-state index < -0.39 is 8.32 Å². The fraction of sp³-hybridized carbons (Fsp3) is 0.889. The summed E-state index contributed by atoms with van der Waals surface area (Å²) in [6.07, 6.45) is 4.64. The quantitative estimate of drug-likeness (QED) is 0.274. The van der Waals surface area contributed by atoms with E-state index in [2.05, 4.69) is 24.6 Å². The Morgan fingerprint density at radius 1 is 1.23 bits per heavy atom. The molecule has 0 saturated carbocycles. The molecule has 0 aromatic rings. The van der Waals surface area contributed by atoms with Gasteiger partial charge in [-0.15, -0.1) is 0 Å². The summed E-state index contributed by atoms with van der Waals surface area (Å²) in [7, 11) is -1.32. The van der Waals surface area contributed by atoms with Crippen molar-refractivity contribution in [2.24, 2.45) is 4.99 Å². The summed E-state index contributed by atoms with van der Waals surface area (Å²) in [5, 5.41) is 0. The van der Waals surface area contributed by atoms with Gasteiger partial charge in [-0.1, -0.05) is 0 Å². The molecule has 76 valence electrons. The summed E-state index contributed by atoms with van der Waals surface area (Å²) in [6.45, 7) is 8.01. The van der Waals surface area contributed by atoms with Gasteiger partial charge in [0.05, 0.1) is 6.54 Å². The van der Waals surface area contributed by atoms with Gasteiger partial charge in [-0.25, -0.2) is 9.79 Å². The topological polar surface area (TPSA) is 38.7 Å². The highest BCUT2D eigenvalue weighted by Gasteiger charge is 2.12. The second-order valence-corrected chi connectivity index (χ2v) is 8.51. The number of hydrogen-bond acceptors (Lipinski definition) is 3. The van der Waals surface area contributed by atoms with Crippen LogP contribution in [0.5, 0.6) is 0 Å². The molecule has 3 nitrogen and oxygen atoms in total. The van der Waals surface area contributed by atoms with Gasteiger partial charge in [0.15, 0.2) is 8.32 Å². The molecule has 0 aliphatic heterocycles. The van der Waals surface area contributed by atoms with Gasteiger partial charge in [0.1, 0.15) is 0 Å². The molecular formula is C9H19NO2Si. The van der Waals surface area contributed by atoms with E-state index in [1.165, 1.54) is 6.08 Å². The fourth-order valence-electron chi connectivity index (χ4n) is 0.894. The molecule has 4 heteroatoms. The van der Waals surface area contributed by atoms with E-state index >= 15 is 0 Å².